The van der Waals surface area contributed by atoms with Crippen molar-refractivity contribution < 1.29 is 19.6 Å². The summed E-state index contributed by atoms with van der Waals surface area (Å²) in [5.41, 5.74) is 0.933. The van der Waals surface area contributed by atoms with Crippen molar-refractivity contribution in [3.05, 3.63) is 58.6 Å². The topological polar surface area (TPSA) is 89.7 Å². The molecular weight excluding hydrogens is 250 g/mol. The largest absolute Gasteiger partial charge is 0.511 e. The number of hydrogen-bond acceptors (Lipinski definition) is 4. The lowest BCUT2D eigenvalue weighted by molar-refractivity contribution is -0.384. The maximum absolute atomic E-state index is 10.7. The van der Waals surface area contributed by atoms with Gasteiger partial charge in [0.1, 0.15) is 5.75 Å². The number of carbonyl (C=O) groups is 1. The number of nitro groups is 1. The van der Waals surface area contributed by atoms with Crippen molar-refractivity contribution in [3.8, 4) is 16.9 Å². The number of rotatable bonds is 3. The minimum absolute atomic E-state index is 0.0670. The Kier molecular flexibility index (Phi) is 3.42. The van der Waals surface area contributed by atoms with E-state index < -0.39 is 11.1 Å². The van der Waals surface area contributed by atoms with Crippen LogP contribution in [0, 0.1) is 10.1 Å². The molecule has 2 aromatic rings. The van der Waals surface area contributed by atoms with Gasteiger partial charge in [-0.15, -0.1) is 0 Å². The molecule has 0 unspecified atom stereocenters. The highest BCUT2D eigenvalue weighted by atomic mass is 16.7. The van der Waals surface area contributed by atoms with E-state index >= 15 is 0 Å². The molecule has 0 amide bonds. The first-order valence-corrected chi connectivity index (χ1v) is 5.32. The van der Waals surface area contributed by atoms with Crippen molar-refractivity contribution in [1.29, 1.82) is 0 Å². The number of para-hydroxylation sites is 1. The van der Waals surface area contributed by atoms with Gasteiger partial charge in [0.15, 0.2) is 0 Å². The zero-order valence-electron chi connectivity index (χ0n) is 9.65. The molecule has 0 bridgehead atoms. The highest BCUT2D eigenvalue weighted by molar-refractivity contribution is 5.75. The van der Waals surface area contributed by atoms with Gasteiger partial charge in [-0.1, -0.05) is 30.3 Å². The van der Waals surface area contributed by atoms with Crippen molar-refractivity contribution in [3.63, 3.8) is 0 Å². The smallest absolute Gasteiger partial charge is 0.449 e. The van der Waals surface area contributed by atoms with Crippen molar-refractivity contribution in [2.45, 2.75) is 0 Å². The molecule has 6 heteroatoms. The van der Waals surface area contributed by atoms with E-state index in [4.69, 9.17) is 5.11 Å². The highest BCUT2D eigenvalue weighted by Crippen LogP contribution is 2.31. The summed E-state index contributed by atoms with van der Waals surface area (Å²) in [6.07, 6.45) is -1.43. The van der Waals surface area contributed by atoms with Crippen LogP contribution in [-0.4, -0.2) is 16.2 Å². The molecule has 0 radical (unpaired) electrons. The summed E-state index contributed by atoms with van der Waals surface area (Å²) < 4.78 is 4.65. The third kappa shape index (κ3) is 2.86. The summed E-state index contributed by atoms with van der Waals surface area (Å²) in [7, 11) is 0. The van der Waals surface area contributed by atoms with Gasteiger partial charge < -0.3 is 9.84 Å². The maximum Gasteiger partial charge on any atom is 0.511 e. The predicted molar refractivity (Wildman–Crippen MR) is 67.2 cm³/mol. The van der Waals surface area contributed by atoms with Gasteiger partial charge in [0, 0.05) is 17.7 Å². The molecule has 0 aliphatic carbocycles. The molecule has 0 atom stereocenters. The molecule has 0 fully saturated rings. The first kappa shape index (κ1) is 12.6. The Bertz CT molecular complexity index is 638. The van der Waals surface area contributed by atoms with Gasteiger partial charge in [-0.25, -0.2) is 4.79 Å². The fourth-order valence-corrected chi connectivity index (χ4v) is 1.68. The van der Waals surface area contributed by atoms with Crippen molar-refractivity contribution in [2.24, 2.45) is 0 Å². The summed E-state index contributed by atoms with van der Waals surface area (Å²) in [6, 6.07) is 12.4. The Morgan fingerprint density at radius 3 is 2.58 bits per heavy atom. The standard InChI is InChI=1S/C13H9NO5/c15-13(16)19-12-7-2-1-6-11(12)9-4-3-5-10(8-9)14(17)18/h1-8H,(H,15,16). The summed E-state index contributed by atoms with van der Waals surface area (Å²) in [5, 5.41) is 19.4. The predicted octanol–water partition coefficient (Wildman–Crippen LogP) is 3.32. The third-order valence-corrected chi connectivity index (χ3v) is 2.45. The molecule has 0 heterocycles. The monoisotopic (exact) mass is 259 g/mol. The molecule has 19 heavy (non-hydrogen) atoms. The second-order valence-electron chi connectivity index (χ2n) is 3.67. The van der Waals surface area contributed by atoms with E-state index in [9.17, 15) is 14.9 Å². The van der Waals surface area contributed by atoms with E-state index in [0.717, 1.165) is 0 Å². The average Bonchev–Trinajstić information content (AvgIpc) is 2.39. The van der Waals surface area contributed by atoms with Gasteiger partial charge in [-0.3, -0.25) is 10.1 Å². The van der Waals surface area contributed by atoms with Gasteiger partial charge in [0.2, 0.25) is 0 Å². The Morgan fingerprint density at radius 1 is 1.16 bits per heavy atom. The van der Waals surface area contributed by atoms with E-state index in [1.807, 2.05) is 0 Å². The van der Waals surface area contributed by atoms with Gasteiger partial charge >= 0.3 is 6.16 Å². The molecule has 0 spiro atoms. The molecule has 0 aromatic heterocycles. The van der Waals surface area contributed by atoms with Crippen LogP contribution in [0.5, 0.6) is 5.75 Å². The Morgan fingerprint density at radius 2 is 1.89 bits per heavy atom. The third-order valence-electron chi connectivity index (χ3n) is 2.45. The van der Waals surface area contributed by atoms with Crippen molar-refractivity contribution >= 4 is 11.8 Å². The van der Waals surface area contributed by atoms with Gasteiger partial charge in [0.05, 0.1) is 4.92 Å². The Hall–Kier alpha value is -2.89. The number of carboxylic acid groups (broad SMARTS) is 1. The van der Waals surface area contributed by atoms with Gasteiger partial charge in [-0.05, 0) is 11.6 Å². The maximum atomic E-state index is 10.7. The van der Waals surface area contributed by atoms with Crippen LogP contribution in [0.4, 0.5) is 10.5 Å². The van der Waals surface area contributed by atoms with Crippen LogP contribution < -0.4 is 4.74 Å². The first-order chi connectivity index (χ1) is 9.08. The van der Waals surface area contributed by atoms with Gasteiger partial charge in [0.25, 0.3) is 5.69 Å². The molecule has 2 rings (SSSR count). The lowest BCUT2D eigenvalue weighted by atomic mass is 10.0. The van der Waals surface area contributed by atoms with Crippen LogP contribution in [0.2, 0.25) is 0 Å². The van der Waals surface area contributed by atoms with Crippen LogP contribution >= 0.6 is 0 Å². The molecule has 0 saturated heterocycles. The zero-order valence-corrected chi connectivity index (χ0v) is 9.65. The van der Waals surface area contributed by atoms with E-state index in [1.54, 1.807) is 24.3 Å². The SMILES string of the molecule is O=C(O)Oc1ccccc1-c1cccc([N+](=O)[O-])c1. The molecule has 0 aliphatic rings. The number of nitrogens with zero attached hydrogens (tertiary/aromatic N) is 1. The minimum atomic E-state index is -1.43. The normalized spacial score (nSPS) is 9.89. The number of non-ortho nitro benzene ring substituents is 1. The molecule has 1 N–H and O–H groups in total. The van der Waals surface area contributed by atoms with Gasteiger partial charge in [-0.2, -0.15) is 0 Å². The summed E-state index contributed by atoms with van der Waals surface area (Å²) >= 11 is 0. The highest BCUT2D eigenvalue weighted by Gasteiger charge is 2.12. The van der Waals surface area contributed by atoms with Crippen LogP contribution in [0.15, 0.2) is 48.5 Å². The minimum Gasteiger partial charge on any atom is -0.449 e. The Balaban J connectivity index is 2.49. The average molecular weight is 259 g/mol. The first-order valence-electron chi connectivity index (χ1n) is 5.32. The van der Waals surface area contributed by atoms with Crippen LogP contribution in [0.1, 0.15) is 0 Å². The molecule has 96 valence electrons. The Labute approximate surface area is 108 Å². The number of ether oxygens (including phenoxy) is 1. The fourth-order valence-electron chi connectivity index (χ4n) is 1.68. The molecule has 0 saturated carbocycles. The fraction of sp³-hybridized carbons (Fsp3) is 0. The lowest BCUT2D eigenvalue weighted by Gasteiger charge is -2.07. The zero-order chi connectivity index (χ0) is 13.8. The summed E-state index contributed by atoms with van der Waals surface area (Å²) in [4.78, 5) is 20.8. The molecule has 0 aliphatic heterocycles. The molecule has 6 nitrogen and oxygen atoms in total. The molecule has 2 aromatic carbocycles. The second-order valence-corrected chi connectivity index (χ2v) is 3.67. The van der Waals surface area contributed by atoms with E-state index in [-0.39, 0.29) is 11.4 Å². The molecular formula is C13H9NO5. The van der Waals surface area contributed by atoms with E-state index in [2.05, 4.69) is 4.74 Å². The van der Waals surface area contributed by atoms with Crippen molar-refractivity contribution in [2.75, 3.05) is 0 Å². The summed E-state index contributed by atoms with van der Waals surface area (Å²) in [6.45, 7) is 0. The van der Waals surface area contributed by atoms with E-state index in [1.165, 1.54) is 24.3 Å². The van der Waals surface area contributed by atoms with E-state index in [0.29, 0.717) is 11.1 Å². The van der Waals surface area contributed by atoms with Crippen molar-refractivity contribution in [1.82, 2.24) is 0 Å². The quantitative estimate of drug-likeness (QED) is 0.395. The summed E-state index contributed by atoms with van der Waals surface area (Å²) in [5.74, 6) is 0.135. The second kappa shape index (κ2) is 5.18. The van der Waals surface area contributed by atoms with Crippen LogP contribution in [-0.2, 0) is 0 Å². The number of benzene rings is 2. The number of nitro benzene ring substituents is 1. The van der Waals surface area contributed by atoms with Crippen LogP contribution in [0.3, 0.4) is 0 Å². The number of hydrogen-bond donors (Lipinski definition) is 1. The lowest BCUT2D eigenvalue weighted by Crippen LogP contribution is -2.04. The van der Waals surface area contributed by atoms with Crippen LogP contribution in [0.25, 0.3) is 11.1 Å².